The van der Waals surface area contributed by atoms with Gasteiger partial charge in [-0.25, -0.2) is 0 Å². The van der Waals surface area contributed by atoms with Crippen molar-refractivity contribution in [3.05, 3.63) is 119 Å². The number of benzene rings is 4. The zero-order valence-corrected chi connectivity index (χ0v) is 20.6. The first-order valence-corrected chi connectivity index (χ1v) is 12.5. The number of Topliss-reactive ketones (excluding diaryl/α,β-unsaturated/α-hetero) is 1. The Balaban J connectivity index is 1.40. The molecular weight excluding hydrogens is 474 g/mol. The highest BCUT2D eigenvalue weighted by Gasteiger charge is 2.18. The van der Waals surface area contributed by atoms with Crippen LogP contribution in [-0.4, -0.2) is 26.3 Å². The van der Waals surface area contributed by atoms with Crippen molar-refractivity contribution in [2.45, 2.75) is 12.1 Å². The lowest BCUT2D eigenvalue weighted by molar-refractivity contribution is 0.102. The average Bonchev–Trinajstić information content (AvgIpc) is 3.32. The number of aryl methyl sites for hydroxylation is 1. The van der Waals surface area contributed by atoms with Crippen LogP contribution in [0.4, 0.5) is 0 Å². The molecule has 0 unspecified atom stereocenters. The van der Waals surface area contributed by atoms with E-state index in [4.69, 9.17) is 11.6 Å². The van der Waals surface area contributed by atoms with Crippen molar-refractivity contribution in [1.29, 1.82) is 0 Å². The molecule has 5 aromatic rings. The molecule has 0 aliphatic rings. The van der Waals surface area contributed by atoms with Gasteiger partial charge in [-0.2, -0.15) is 0 Å². The summed E-state index contributed by atoms with van der Waals surface area (Å²) < 4.78 is 1.97. The molecule has 0 bridgehead atoms. The van der Waals surface area contributed by atoms with E-state index in [1.807, 2.05) is 96.4 Å². The number of hydrogen-bond donors (Lipinski definition) is 0. The van der Waals surface area contributed by atoms with Crippen molar-refractivity contribution in [1.82, 2.24) is 14.8 Å². The fourth-order valence-electron chi connectivity index (χ4n) is 3.85. The van der Waals surface area contributed by atoms with Crippen molar-refractivity contribution in [2.24, 2.45) is 0 Å². The Hall–Kier alpha value is -3.67. The van der Waals surface area contributed by atoms with Crippen molar-refractivity contribution < 1.29 is 4.79 Å². The van der Waals surface area contributed by atoms with Gasteiger partial charge in [0.15, 0.2) is 16.8 Å². The van der Waals surface area contributed by atoms with Gasteiger partial charge in [-0.05, 0) is 48.4 Å². The Kier molecular flexibility index (Phi) is 6.80. The fourth-order valence-corrected chi connectivity index (χ4v) is 4.82. The minimum Gasteiger partial charge on any atom is -0.293 e. The number of carbonyl (C=O) groups excluding carboxylic acids is 1. The van der Waals surface area contributed by atoms with E-state index in [1.165, 1.54) is 11.8 Å². The highest BCUT2D eigenvalue weighted by atomic mass is 35.5. The summed E-state index contributed by atoms with van der Waals surface area (Å²) in [6, 6.07) is 33.5. The van der Waals surface area contributed by atoms with Gasteiger partial charge in [-0.15, -0.1) is 10.2 Å². The van der Waals surface area contributed by atoms with Crippen LogP contribution in [0.3, 0.4) is 0 Å². The number of carbonyl (C=O) groups is 1. The fraction of sp³-hybridized carbons (Fsp3) is 0.0690. The highest BCUT2D eigenvalue weighted by molar-refractivity contribution is 7.99. The number of thioether (sulfide) groups is 1. The number of halogens is 1. The van der Waals surface area contributed by atoms with E-state index < -0.39 is 0 Å². The summed E-state index contributed by atoms with van der Waals surface area (Å²) in [5, 5.41) is 10.2. The van der Waals surface area contributed by atoms with Gasteiger partial charge in [0.05, 0.1) is 5.75 Å². The van der Waals surface area contributed by atoms with E-state index >= 15 is 0 Å². The third-order valence-electron chi connectivity index (χ3n) is 5.64. The molecule has 35 heavy (non-hydrogen) atoms. The lowest BCUT2D eigenvalue weighted by Crippen LogP contribution is -2.05. The van der Waals surface area contributed by atoms with Crippen LogP contribution in [0.15, 0.2) is 108 Å². The molecule has 4 nitrogen and oxygen atoms in total. The summed E-state index contributed by atoms with van der Waals surface area (Å²) in [5.74, 6) is 1.01. The first kappa shape index (κ1) is 23.1. The normalized spacial score (nSPS) is 10.9. The average molecular weight is 496 g/mol. The Morgan fingerprint density at radius 1 is 0.800 bits per heavy atom. The summed E-state index contributed by atoms with van der Waals surface area (Å²) in [6.45, 7) is 2.05. The zero-order chi connectivity index (χ0) is 24.2. The molecule has 172 valence electrons. The van der Waals surface area contributed by atoms with Gasteiger partial charge >= 0.3 is 0 Å². The van der Waals surface area contributed by atoms with Crippen LogP contribution in [0, 0.1) is 6.92 Å². The van der Waals surface area contributed by atoms with Crippen LogP contribution in [0.1, 0.15) is 15.9 Å². The Morgan fingerprint density at radius 3 is 2.20 bits per heavy atom. The Morgan fingerprint density at radius 2 is 1.49 bits per heavy atom. The maximum absolute atomic E-state index is 13.0. The molecule has 6 heteroatoms. The predicted octanol–water partition coefficient (Wildman–Crippen LogP) is 7.54. The maximum Gasteiger partial charge on any atom is 0.196 e. The predicted molar refractivity (Wildman–Crippen MR) is 143 cm³/mol. The highest BCUT2D eigenvalue weighted by Crippen LogP contribution is 2.29. The molecule has 0 fully saturated rings. The summed E-state index contributed by atoms with van der Waals surface area (Å²) in [5.41, 5.74) is 5.87. The second-order valence-corrected chi connectivity index (χ2v) is 9.52. The molecule has 0 radical (unpaired) electrons. The quantitative estimate of drug-likeness (QED) is 0.173. The van der Waals surface area contributed by atoms with E-state index in [2.05, 4.69) is 28.4 Å². The third-order valence-corrected chi connectivity index (χ3v) is 6.82. The molecule has 0 aliphatic heterocycles. The molecule has 1 aromatic heterocycles. The van der Waals surface area contributed by atoms with Crippen molar-refractivity contribution in [2.75, 3.05) is 5.75 Å². The van der Waals surface area contributed by atoms with Crippen LogP contribution in [0.5, 0.6) is 0 Å². The third kappa shape index (κ3) is 5.21. The molecule has 0 N–H and O–H groups in total. The van der Waals surface area contributed by atoms with Gasteiger partial charge in [-0.3, -0.25) is 9.36 Å². The van der Waals surface area contributed by atoms with Crippen molar-refractivity contribution in [3.63, 3.8) is 0 Å². The second-order valence-electron chi connectivity index (χ2n) is 8.14. The van der Waals surface area contributed by atoms with Crippen molar-refractivity contribution in [3.8, 4) is 28.2 Å². The SMILES string of the molecule is Cc1cccc(-c2nnc(SCC(=O)c3ccc(-c4ccccc4)cc3)n2-c2ccc(Cl)cc2)c1. The number of ketones is 1. The van der Waals surface area contributed by atoms with Crippen LogP contribution >= 0.6 is 23.4 Å². The van der Waals surface area contributed by atoms with Crippen LogP contribution in [0.25, 0.3) is 28.2 Å². The minimum absolute atomic E-state index is 0.0392. The monoisotopic (exact) mass is 495 g/mol. The standard InChI is InChI=1S/C29H22ClN3OS/c1-20-6-5-9-24(18-20)28-31-32-29(33(28)26-16-14-25(30)15-17-26)35-19-27(34)23-12-10-22(11-13-23)21-7-3-2-4-8-21/h2-18H,19H2,1H3. The lowest BCUT2D eigenvalue weighted by atomic mass is 10.0. The van der Waals surface area contributed by atoms with Gasteiger partial charge < -0.3 is 0 Å². The molecule has 0 aliphatic carbocycles. The molecule has 0 saturated heterocycles. The molecule has 5 rings (SSSR count). The van der Waals surface area contributed by atoms with Crippen LogP contribution in [0.2, 0.25) is 5.02 Å². The molecule has 0 atom stereocenters. The molecule has 1 heterocycles. The van der Waals surface area contributed by atoms with E-state index in [0.29, 0.717) is 15.7 Å². The summed E-state index contributed by atoms with van der Waals surface area (Å²) >= 11 is 7.50. The maximum atomic E-state index is 13.0. The number of nitrogens with zero attached hydrogens (tertiary/aromatic N) is 3. The smallest absolute Gasteiger partial charge is 0.196 e. The minimum atomic E-state index is 0.0392. The van der Waals surface area contributed by atoms with E-state index in [9.17, 15) is 4.79 Å². The summed E-state index contributed by atoms with van der Waals surface area (Å²) in [4.78, 5) is 13.0. The van der Waals surface area contributed by atoms with Gasteiger partial charge in [0, 0.05) is 21.8 Å². The van der Waals surface area contributed by atoms with Crippen LogP contribution < -0.4 is 0 Å². The largest absolute Gasteiger partial charge is 0.293 e. The number of rotatable bonds is 7. The summed E-state index contributed by atoms with van der Waals surface area (Å²) in [6.07, 6.45) is 0. The van der Waals surface area contributed by atoms with Crippen molar-refractivity contribution >= 4 is 29.1 Å². The Bertz CT molecular complexity index is 1460. The van der Waals surface area contributed by atoms with Gasteiger partial charge in [0.25, 0.3) is 0 Å². The van der Waals surface area contributed by atoms with E-state index in [1.54, 1.807) is 0 Å². The lowest BCUT2D eigenvalue weighted by Gasteiger charge is -2.11. The second kappa shape index (κ2) is 10.3. The topological polar surface area (TPSA) is 47.8 Å². The molecule has 4 aromatic carbocycles. The first-order chi connectivity index (χ1) is 17.1. The van der Waals surface area contributed by atoms with Crippen LogP contribution in [-0.2, 0) is 0 Å². The van der Waals surface area contributed by atoms with E-state index in [0.717, 1.165) is 33.8 Å². The molecule has 0 amide bonds. The number of hydrogen-bond acceptors (Lipinski definition) is 4. The molecule has 0 saturated carbocycles. The Labute approximate surface area is 213 Å². The van der Waals surface area contributed by atoms with E-state index in [-0.39, 0.29) is 11.5 Å². The zero-order valence-electron chi connectivity index (χ0n) is 19.1. The molecular formula is C29H22ClN3OS. The summed E-state index contributed by atoms with van der Waals surface area (Å²) in [7, 11) is 0. The van der Waals surface area contributed by atoms with Gasteiger partial charge in [-0.1, -0.05) is 102 Å². The molecule has 0 spiro atoms. The first-order valence-electron chi connectivity index (χ1n) is 11.2. The van der Waals surface area contributed by atoms with Gasteiger partial charge in [0.2, 0.25) is 0 Å². The number of aromatic nitrogens is 3. The van der Waals surface area contributed by atoms with Gasteiger partial charge in [0.1, 0.15) is 0 Å².